The molecule has 0 aromatic heterocycles. The molecule has 1 N–H and O–H groups in total. The third-order valence-electron chi connectivity index (χ3n) is 3.15. The van der Waals surface area contributed by atoms with Crippen molar-refractivity contribution in [1.29, 1.82) is 0 Å². The molecule has 0 bridgehead atoms. The van der Waals surface area contributed by atoms with Gasteiger partial charge in [-0.3, -0.25) is 9.69 Å². The first-order valence-electron chi connectivity index (χ1n) is 5.50. The lowest BCUT2D eigenvalue weighted by molar-refractivity contribution is -0.150. The van der Waals surface area contributed by atoms with Crippen LogP contribution in [0.15, 0.2) is 10.6 Å². The van der Waals surface area contributed by atoms with Crippen LogP contribution in [-0.2, 0) is 4.79 Å². The topological polar surface area (TPSA) is 40.5 Å². The molecule has 0 aromatic rings. The van der Waals surface area contributed by atoms with Gasteiger partial charge in [0.2, 0.25) is 0 Å². The van der Waals surface area contributed by atoms with Gasteiger partial charge in [0, 0.05) is 17.1 Å². The van der Waals surface area contributed by atoms with E-state index in [4.69, 9.17) is 23.2 Å². The molecule has 1 heterocycles. The lowest BCUT2D eigenvalue weighted by atomic mass is 9.90. The second-order valence-electron chi connectivity index (χ2n) is 4.17. The first-order valence-corrected chi connectivity index (χ1v) is 6.31. The average molecular weight is 266 g/mol. The second-order valence-corrected chi connectivity index (χ2v) is 4.87. The number of halogens is 2. The minimum atomic E-state index is -0.745. The molecule has 0 radical (unpaired) electrons. The lowest BCUT2D eigenvalue weighted by Gasteiger charge is -2.34. The number of rotatable bonds is 5. The maximum absolute atomic E-state index is 11.5. The van der Waals surface area contributed by atoms with Crippen LogP contribution in [-0.4, -0.2) is 34.6 Å². The lowest BCUT2D eigenvalue weighted by Crippen LogP contribution is -2.50. The fourth-order valence-corrected chi connectivity index (χ4v) is 2.64. The van der Waals surface area contributed by atoms with Crippen LogP contribution >= 0.6 is 23.2 Å². The largest absolute Gasteiger partial charge is 0.480 e. The number of aliphatic carboxylic acids is 1. The van der Waals surface area contributed by atoms with Gasteiger partial charge in [0.05, 0.1) is 0 Å². The van der Waals surface area contributed by atoms with Gasteiger partial charge in [0.25, 0.3) is 0 Å². The molecule has 1 atom stereocenters. The van der Waals surface area contributed by atoms with Crippen LogP contribution in [0.4, 0.5) is 0 Å². The Morgan fingerprint density at radius 2 is 2.31 bits per heavy atom. The zero-order valence-corrected chi connectivity index (χ0v) is 10.9. The number of nitrogens with zero attached hydrogens (tertiary/aromatic N) is 1. The Hall–Kier alpha value is -0.250. The third kappa shape index (κ3) is 2.70. The van der Waals surface area contributed by atoms with Crippen LogP contribution in [0.2, 0.25) is 0 Å². The summed E-state index contributed by atoms with van der Waals surface area (Å²) < 4.78 is 0. The van der Waals surface area contributed by atoms with E-state index < -0.39 is 11.5 Å². The standard InChI is InChI=1S/C11H17Cl2NO2/c1-2-4-11(10(15)16)5-3-6-14(11)8-9(13)7-12/h7H,2-6,8H2,1H3,(H,15,16). The molecule has 0 spiro atoms. The molecule has 1 saturated heterocycles. The van der Waals surface area contributed by atoms with Gasteiger partial charge in [-0.1, -0.05) is 36.5 Å². The Kier molecular flexibility index (Phi) is 5.09. The third-order valence-corrected chi connectivity index (χ3v) is 3.75. The number of hydrogen-bond donors (Lipinski definition) is 1. The summed E-state index contributed by atoms with van der Waals surface area (Å²) >= 11 is 11.4. The minimum Gasteiger partial charge on any atom is -0.480 e. The van der Waals surface area contributed by atoms with Crippen molar-refractivity contribution in [3.05, 3.63) is 10.6 Å². The van der Waals surface area contributed by atoms with Crippen LogP contribution < -0.4 is 0 Å². The highest BCUT2D eigenvalue weighted by molar-refractivity contribution is 6.36. The van der Waals surface area contributed by atoms with Gasteiger partial charge < -0.3 is 5.11 Å². The highest BCUT2D eigenvalue weighted by Gasteiger charge is 2.46. The summed E-state index contributed by atoms with van der Waals surface area (Å²) in [7, 11) is 0. The molecule has 1 fully saturated rings. The molecule has 0 amide bonds. The van der Waals surface area contributed by atoms with E-state index in [0.29, 0.717) is 24.4 Å². The molecule has 92 valence electrons. The summed E-state index contributed by atoms with van der Waals surface area (Å²) in [4.78, 5) is 13.4. The van der Waals surface area contributed by atoms with Crippen molar-refractivity contribution in [2.75, 3.05) is 13.1 Å². The molecule has 1 aliphatic rings. The molecule has 3 nitrogen and oxygen atoms in total. The SMILES string of the molecule is CCCC1(C(=O)O)CCCN1CC(Cl)=CCl. The van der Waals surface area contributed by atoms with E-state index in [9.17, 15) is 9.90 Å². The number of hydrogen-bond acceptors (Lipinski definition) is 2. The molecular formula is C11H17Cl2NO2. The maximum atomic E-state index is 11.5. The van der Waals surface area contributed by atoms with Crippen molar-refractivity contribution in [1.82, 2.24) is 4.90 Å². The fourth-order valence-electron chi connectivity index (χ4n) is 2.43. The molecule has 1 unspecified atom stereocenters. The highest BCUT2D eigenvalue weighted by Crippen LogP contribution is 2.34. The van der Waals surface area contributed by atoms with Crippen molar-refractivity contribution >= 4 is 29.2 Å². The van der Waals surface area contributed by atoms with Crippen LogP contribution in [0, 0.1) is 0 Å². The fraction of sp³-hybridized carbons (Fsp3) is 0.727. The van der Waals surface area contributed by atoms with Crippen molar-refractivity contribution in [2.45, 2.75) is 38.1 Å². The summed E-state index contributed by atoms with van der Waals surface area (Å²) in [5.41, 5.74) is 0.563. The van der Waals surface area contributed by atoms with E-state index >= 15 is 0 Å². The van der Waals surface area contributed by atoms with Crippen molar-refractivity contribution < 1.29 is 9.90 Å². The van der Waals surface area contributed by atoms with Crippen molar-refractivity contribution in [2.24, 2.45) is 0 Å². The minimum absolute atomic E-state index is 0.428. The molecule has 0 aliphatic carbocycles. The molecule has 0 aromatic carbocycles. The number of carbonyl (C=O) groups is 1. The average Bonchev–Trinajstić information content (AvgIpc) is 2.63. The summed E-state index contributed by atoms with van der Waals surface area (Å²) in [5.74, 6) is -0.745. The van der Waals surface area contributed by atoms with E-state index in [1.807, 2.05) is 11.8 Å². The molecule has 1 rings (SSSR count). The molecule has 0 saturated carbocycles. The zero-order valence-electron chi connectivity index (χ0n) is 9.38. The quantitative estimate of drug-likeness (QED) is 0.831. The second kappa shape index (κ2) is 5.89. The molecule has 1 aliphatic heterocycles. The number of likely N-dealkylation sites (tertiary alicyclic amines) is 1. The predicted molar refractivity (Wildman–Crippen MR) is 65.9 cm³/mol. The normalized spacial score (nSPS) is 27.3. The monoisotopic (exact) mass is 265 g/mol. The van der Waals surface area contributed by atoms with Gasteiger partial charge >= 0.3 is 5.97 Å². The van der Waals surface area contributed by atoms with E-state index in [0.717, 1.165) is 19.4 Å². The Morgan fingerprint density at radius 1 is 1.62 bits per heavy atom. The first-order chi connectivity index (χ1) is 7.56. The Morgan fingerprint density at radius 3 is 2.81 bits per heavy atom. The number of carboxylic acids is 1. The zero-order chi connectivity index (χ0) is 12.2. The molecule has 5 heteroatoms. The molecular weight excluding hydrogens is 249 g/mol. The van der Waals surface area contributed by atoms with E-state index in [2.05, 4.69) is 0 Å². The van der Waals surface area contributed by atoms with Crippen molar-refractivity contribution in [3.8, 4) is 0 Å². The Bertz CT molecular complexity index is 294. The van der Waals surface area contributed by atoms with E-state index in [-0.39, 0.29) is 0 Å². The maximum Gasteiger partial charge on any atom is 0.324 e. The van der Waals surface area contributed by atoms with E-state index in [1.165, 1.54) is 5.54 Å². The smallest absolute Gasteiger partial charge is 0.324 e. The summed E-state index contributed by atoms with van der Waals surface area (Å²) in [5, 5.41) is 9.90. The summed E-state index contributed by atoms with van der Waals surface area (Å²) in [6.07, 6.45) is 3.11. The first kappa shape index (κ1) is 13.8. The van der Waals surface area contributed by atoms with Crippen molar-refractivity contribution in [3.63, 3.8) is 0 Å². The van der Waals surface area contributed by atoms with Crippen LogP contribution in [0.5, 0.6) is 0 Å². The van der Waals surface area contributed by atoms with Gasteiger partial charge in [0.15, 0.2) is 0 Å². The summed E-state index contributed by atoms with van der Waals surface area (Å²) in [6, 6.07) is 0. The Balaban J connectivity index is 2.85. The Labute approximate surface area is 106 Å². The van der Waals surface area contributed by atoms with Gasteiger partial charge in [-0.05, 0) is 25.8 Å². The summed E-state index contributed by atoms with van der Waals surface area (Å²) in [6.45, 7) is 3.20. The van der Waals surface area contributed by atoms with Gasteiger partial charge in [0.1, 0.15) is 5.54 Å². The number of carboxylic acid groups (broad SMARTS) is 1. The molecule has 16 heavy (non-hydrogen) atoms. The van der Waals surface area contributed by atoms with Crippen LogP contribution in [0.1, 0.15) is 32.6 Å². The van der Waals surface area contributed by atoms with Gasteiger partial charge in [-0.25, -0.2) is 0 Å². The van der Waals surface area contributed by atoms with Gasteiger partial charge in [-0.2, -0.15) is 0 Å². The highest BCUT2D eigenvalue weighted by atomic mass is 35.5. The van der Waals surface area contributed by atoms with Crippen LogP contribution in [0.25, 0.3) is 0 Å². The van der Waals surface area contributed by atoms with Gasteiger partial charge in [-0.15, -0.1) is 0 Å². The van der Waals surface area contributed by atoms with E-state index in [1.54, 1.807) is 0 Å². The van der Waals surface area contributed by atoms with Crippen LogP contribution in [0.3, 0.4) is 0 Å². The predicted octanol–water partition coefficient (Wildman–Crippen LogP) is 3.02.